The van der Waals surface area contributed by atoms with Gasteiger partial charge in [-0.3, -0.25) is 4.18 Å². The molecule has 20 heavy (non-hydrogen) atoms. The second-order valence-electron chi connectivity index (χ2n) is 4.97. The number of benzene rings is 1. The molecule has 112 valence electrons. The van der Waals surface area contributed by atoms with Crippen LogP contribution in [0.4, 0.5) is 0 Å². The second-order valence-corrected chi connectivity index (χ2v) is 5.54. The van der Waals surface area contributed by atoms with Crippen LogP contribution in [0.5, 0.6) is 0 Å². The van der Waals surface area contributed by atoms with Gasteiger partial charge in [-0.05, 0) is 18.4 Å². The molecule has 5 nitrogen and oxygen atoms in total. The molecule has 1 aromatic rings. The van der Waals surface area contributed by atoms with E-state index in [0.717, 1.165) is 24.8 Å². The molecule has 1 fully saturated rings. The first-order valence-electron chi connectivity index (χ1n) is 6.84. The topological polar surface area (TPSA) is 73.9 Å². The maximum absolute atomic E-state index is 10.5. The summed E-state index contributed by atoms with van der Waals surface area (Å²) in [7, 11) is 0. The molecule has 0 heterocycles. The van der Waals surface area contributed by atoms with E-state index in [0.29, 0.717) is 25.2 Å². The summed E-state index contributed by atoms with van der Waals surface area (Å²) in [4.78, 5) is 0. The van der Waals surface area contributed by atoms with Crippen molar-refractivity contribution in [1.29, 1.82) is 0 Å². The van der Waals surface area contributed by atoms with E-state index in [2.05, 4.69) is 4.28 Å². The summed E-state index contributed by atoms with van der Waals surface area (Å²) in [6.07, 6.45) is 4.10. The number of hydrogen-bond donors (Lipinski definition) is 2. The largest absolute Gasteiger partial charge is 0.365 e. The third kappa shape index (κ3) is 4.73. The van der Waals surface area contributed by atoms with Gasteiger partial charge in [0.15, 0.2) is 18.1 Å². The molecule has 0 saturated heterocycles. The molecule has 0 aromatic heterocycles. The monoisotopic (exact) mass is 299 g/mol. The van der Waals surface area contributed by atoms with Crippen molar-refractivity contribution in [3.05, 3.63) is 35.9 Å². The summed E-state index contributed by atoms with van der Waals surface area (Å²) in [5.74, 6) is 3.85. The first-order valence-corrected chi connectivity index (χ1v) is 7.50. The maximum Gasteiger partial charge on any atom is 0.178 e. The summed E-state index contributed by atoms with van der Waals surface area (Å²) in [5.41, 5.74) is 0.962. The van der Waals surface area contributed by atoms with E-state index in [9.17, 15) is 5.11 Å². The molecule has 1 saturated carbocycles. The minimum absolute atomic E-state index is 0.258. The smallest absolute Gasteiger partial charge is 0.178 e. The maximum atomic E-state index is 10.5. The molecule has 0 aliphatic heterocycles. The summed E-state index contributed by atoms with van der Waals surface area (Å²) >= 11 is 0.708. The van der Waals surface area contributed by atoms with E-state index >= 15 is 0 Å². The number of hydrogen-bond acceptors (Lipinski definition) is 6. The van der Waals surface area contributed by atoms with Crippen molar-refractivity contribution >= 4 is 12.3 Å². The Hall–Kier alpha value is -0.630. The van der Waals surface area contributed by atoms with E-state index in [4.69, 9.17) is 14.8 Å². The van der Waals surface area contributed by atoms with Crippen LogP contribution in [0.3, 0.4) is 0 Å². The molecule has 1 aliphatic rings. The first-order chi connectivity index (χ1) is 9.73. The highest BCUT2D eigenvalue weighted by molar-refractivity contribution is 7.89. The van der Waals surface area contributed by atoms with Gasteiger partial charge in [0.05, 0.1) is 6.61 Å². The van der Waals surface area contributed by atoms with Crippen molar-refractivity contribution in [2.45, 2.75) is 44.0 Å². The Balaban J connectivity index is 2.01. The molecule has 0 radical (unpaired) electrons. The molecule has 1 aliphatic carbocycles. The van der Waals surface area contributed by atoms with E-state index in [1.807, 2.05) is 30.3 Å². The number of ether oxygens (including phenoxy) is 1. The number of aliphatic hydroxyl groups is 1. The van der Waals surface area contributed by atoms with Gasteiger partial charge >= 0.3 is 0 Å². The van der Waals surface area contributed by atoms with Gasteiger partial charge in [-0.15, -0.1) is 0 Å². The van der Waals surface area contributed by atoms with Crippen LogP contribution < -0.4 is 5.90 Å². The standard InChI is InChI=1S/C14H21NO4S/c15-19-20-17-11-13(12-7-3-1-4-8-12)18-14(16)9-5-2-6-10-14/h1,3-4,7-8,13,16H,2,5-6,9-11,15H2. The van der Waals surface area contributed by atoms with Gasteiger partial charge < -0.3 is 9.84 Å². The van der Waals surface area contributed by atoms with Crippen LogP contribution in [0.1, 0.15) is 43.8 Å². The zero-order valence-electron chi connectivity index (χ0n) is 11.4. The fraction of sp³-hybridized carbons (Fsp3) is 0.571. The van der Waals surface area contributed by atoms with Gasteiger partial charge in [-0.1, -0.05) is 36.8 Å². The molecule has 3 N–H and O–H groups in total. The van der Waals surface area contributed by atoms with Gasteiger partial charge in [0.1, 0.15) is 6.10 Å². The minimum atomic E-state index is -1.06. The fourth-order valence-corrected chi connectivity index (χ4v) is 2.70. The third-order valence-corrected chi connectivity index (χ3v) is 3.79. The first kappa shape index (κ1) is 15.8. The van der Waals surface area contributed by atoms with Crippen LogP contribution in [-0.4, -0.2) is 17.5 Å². The average molecular weight is 299 g/mol. The molecule has 1 aromatic carbocycles. The van der Waals surface area contributed by atoms with Crippen molar-refractivity contribution in [3.8, 4) is 0 Å². The molecule has 0 spiro atoms. The summed E-state index contributed by atoms with van der Waals surface area (Å²) < 4.78 is 15.5. The molecule has 0 amide bonds. The normalized spacial score (nSPS) is 19.7. The molecule has 1 unspecified atom stereocenters. The highest BCUT2D eigenvalue weighted by Crippen LogP contribution is 2.34. The minimum Gasteiger partial charge on any atom is -0.365 e. The quantitative estimate of drug-likeness (QED) is 0.349. The van der Waals surface area contributed by atoms with Crippen LogP contribution in [0, 0.1) is 0 Å². The molecule has 1 atom stereocenters. The third-order valence-electron chi connectivity index (χ3n) is 3.47. The Labute approximate surface area is 123 Å². The highest BCUT2D eigenvalue weighted by atomic mass is 32.2. The number of rotatable bonds is 7. The van der Waals surface area contributed by atoms with E-state index in [-0.39, 0.29) is 12.7 Å². The molecule has 2 rings (SSSR count). The van der Waals surface area contributed by atoms with E-state index < -0.39 is 5.79 Å². The molecular weight excluding hydrogens is 278 g/mol. The Morgan fingerprint density at radius 2 is 1.90 bits per heavy atom. The zero-order chi connectivity index (χ0) is 14.3. The Kier molecular flexibility index (Phi) is 6.28. The predicted molar refractivity (Wildman–Crippen MR) is 77.1 cm³/mol. The fourth-order valence-electron chi connectivity index (χ4n) is 2.47. The highest BCUT2D eigenvalue weighted by Gasteiger charge is 2.33. The van der Waals surface area contributed by atoms with Crippen molar-refractivity contribution in [1.82, 2.24) is 0 Å². The Bertz CT molecular complexity index is 384. The lowest BCUT2D eigenvalue weighted by Crippen LogP contribution is -2.37. The molecular formula is C14H21NO4S. The molecule has 6 heteroatoms. The van der Waals surface area contributed by atoms with Crippen LogP contribution in [0.15, 0.2) is 30.3 Å². The number of nitrogens with two attached hydrogens (primary N) is 1. The SMILES string of the molecule is NOSOCC(OC1(O)CCCCC1)c1ccccc1. The van der Waals surface area contributed by atoms with Crippen LogP contribution in [-0.2, 0) is 13.2 Å². The van der Waals surface area contributed by atoms with Crippen LogP contribution in [0.25, 0.3) is 0 Å². The Morgan fingerprint density at radius 3 is 2.55 bits per heavy atom. The average Bonchev–Trinajstić information content (AvgIpc) is 2.48. The van der Waals surface area contributed by atoms with Crippen molar-refractivity contribution in [2.75, 3.05) is 6.61 Å². The van der Waals surface area contributed by atoms with E-state index in [1.54, 1.807) is 0 Å². The summed E-state index contributed by atoms with van der Waals surface area (Å²) in [6, 6.07) is 9.71. The lowest BCUT2D eigenvalue weighted by Gasteiger charge is -2.35. The van der Waals surface area contributed by atoms with Crippen molar-refractivity contribution in [3.63, 3.8) is 0 Å². The van der Waals surface area contributed by atoms with Gasteiger partial charge in [-0.2, -0.15) is 5.90 Å². The Morgan fingerprint density at radius 1 is 1.20 bits per heavy atom. The lowest BCUT2D eigenvalue weighted by molar-refractivity contribution is -0.251. The zero-order valence-corrected chi connectivity index (χ0v) is 12.2. The lowest BCUT2D eigenvalue weighted by atomic mass is 9.94. The van der Waals surface area contributed by atoms with Crippen molar-refractivity contribution < 1.29 is 18.3 Å². The summed E-state index contributed by atoms with van der Waals surface area (Å²) in [6.45, 7) is 0.258. The van der Waals surface area contributed by atoms with Gasteiger partial charge in [0.25, 0.3) is 0 Å². The van der Waals surface area contributed by atoms with Crippen LogP contribution in [0.2, 0.25) is 0 Å². The van der Waals surface area contributed by atoms with E-state index in [1.165, 1.54) is 0 Å². The molecule has 0 bridgehead atoms. The predicted octanol–water partition coefficient (Wildman–Crippen LogP) is 2.87. The second kappa shape index (κ2) is 7.97. The van der Waals surface area contributed by atoms with Gasteiger partial charge in [-0.25, -0.2) is 4.28 Å². The van der Waals surface area contributed by atoms with Gasteiger partial charge in [0.2, 0.25) is 0 Å². The summed E-state index contributed by atoms with van der Waals surface area (Å²) in [5, 5.41) is 10.5. The van der Waals surface area contributed by atoms with Crippen LogP contribution >= 0.6 is 12.3 Å². The van der Waals surface area contributed by atoms with Crippen molar-refractivity contribution in [2.24, 2.45) is 5.90 Å². The van der Waals surface area contributed by atoms with Gasteiger partial charge in [0, 0.05) is 12.8 Å².